The number of rotatable bonds is 5. The Hall–Kier alpha value is -2.75. The van der Waals surface area contributed by atoms with Gasteiger partial charge in [0.2, 0.25) is 5.91 Å². The van der Waals surface area contributed by atoms with Crippen LogP contribution in [0.5, 0.6) is 5.75 Å². The summed E-state index contributed by atoms with van der Waals surface area (Å²) in [6, 6.07) is 16.0. The van der Waals surface area contributed by atoms with Gasteiger partial charge in [0, 0.05) is 28.9 Å². The molecule has 0 fully saturated rings. The largest absolute Gasteiger partial charge is 0.496 e. The first-order valence-electron chi connectivity index (χ1n) is 7.54. The molecule has 4 nitrogen and oxygen atoms in total. The highest BCUT2D eigenvalue weighted by Gasteiger charge is 2.32. The number of ether oxygens (including phenoxy) is 1. The molecule has 0 saturated carbocycles. The number of nitrogens with one attached hydrogen (secondary N) is 1. The average Bonchev–Trinajstić information content (AvgIpc) is 3.02. The third-order valence-electron chi connectivity index (χ3n) is 4.43. The van der Waals surface area contributed by atoms with Crippen LogP contribution in [0.25, 0.3) is 10.9 Å². The van der Waals surface area contributed by atoms with Crippen molar-refractivity contribution in [2.24, 2.45) is 5.73 Å². The van der Waals surface area contributed by atoms with Crippen LogP contribution in [0.15, 0.2) is 54.7 Å². The lowest BCUT2D eigenvalue weighted by Gasteiger charge is -2.30. The number of carbonyl (C=O) groups is 1. The number of methoxy groups -OCH3 is 1. The molecule has 3 aromatic rings. The average molecular weight is 308 g/mol. The van der Waals surface area contributed by atoms with Gasteiger partial charge in [-0.05, 0) is 29.3 Å². The second-order valence-electron chi connectivity index (χ2n) is 5.96. The smallest absolute Gasteiger partial charge is 0.218 e. The van der Waals surface area contributed by atoms with Crippen molar-refractivity contribution in [3.8, 4) is 5.75 Å². The highest BCUT2D eigenvalue weighted by Crippen LogP contribution is 2.39. The van der Waals surface area contributed by atoms with Crippen LogP contribution in [0.2, 0.25) is 0 Å². The Balaban J connectivity index is 2.23. The molecule has 23 heavy (non-hydrogen) atoms. The summed E-state index contributed by atoms with van der Waals surface area (Å²) in [7, 11) is 1.65. The zero-order chi connectivity index (χ0) is 16.4. The number of hydrogen-bond donors (Lipinski definition) is 2. The number of benzene rings is 2. The molecule has 0 aliphatic heterocycles. The highest BCUT2D eigenvalue weighted by molar-refractivity contribution is 5.87. The normalized spacial score (nSPS) is 13.7. The van der Waals surface area contributed by atoms with Gasteiger partial charge in [-0.2, -0.15) is 0 Å². The lowest BCUT2D eigenvalue weighted by Crippen LogP contribution is -2.30. The van der Waals surface area contributed by atoms with Gasteiger partial charge < -0.3 is 15.5 Å². The number of hydrogen-bond acceptors (Lipinski definition) is 2. The summed E-state index contributed by atoms with van der Waals surface area (Å²) in [5, 5.41) is 1.02. The topological polar surface area (TPSA) is 68.1 Å². The second kappa shape index (κ2) is 5.80. The Labute approximate surface area is 135 Å². The van der Waals surface area contributed by atoms with Gasteiger partial charge >= 0.3 is 0 Å². The van der Waals surface area contributed by atoms with E-state index in [0.29, 0.717) is 0 Å². The van der Waals surface area contributed by atoms with Crippen LogP contribution < -0.4 is 10.5 Å². The van der Waals surface area contributed by atoms with E-state index >= 15 is 0 Å². The molecule has 3 N–H and O–H groups in total. The first-order valence-corrected chi connectivity index (χ1v) is 7.54. The van der Waals surface area contributed by atoms with Crippen molar-refractivity contribution in [1.82, 2.24) is 4.98 Å². The van der Waals surface area contributed by atoms with Gasteiger partial charge in [-0.3, -0.25) is 4.79 Å². The number of primary amides is 1. The Bertz CT molecular complexity index is 839. The maximum atomic E-state index is 11.7. The minimum atomic E-state index is -0.514. The van der Waals surface area contributed by atoms with Crippen LogP contribution >= 0.6 is 0 Å². The quantitative estimate of drug-likeness (QED) is 0.759. The van der Waals surface area contributed by atoms with Crippen molar-refractivity contribution in [3.05, 3.63) is 65.9 Å². The Morgan fingerprint density at radius 3 is 2.57 bits per heavy atom. The molecule has 1 aromatic heterocycles. The van der Waals surface area contributed by atoms with Crippen molar-refractivity contribution in [2.45, 2.75) is 18.8 Å². The van der Waals surface area contributed by atoms with E-state index in [2.05, 4.69) is 11.1 Å². The fourth-order valence-corrected chi connectivity index (χ4v) is 3.15. The van der Waals surface area contributed by atoms with Gasteiger partial charge in [0.15, 0.2) is 0 Å². The molecular weight excluding hydrogens is 288 g/mol. The maximum absolute atomic E-state index is 11.7. The molecule has 1 atom stereocenters. The molecule has 0 spiro atoms. The van der Waals surface area contributed by atoms with Gasteiger partial charge in [0.25, 0.3) is 0 Å². The molecule has 1 amide bonds. The number of aromatic amines is 1. The molecule has 0 radical (unpaired) electrons. The standard InChI is InChI=1S/C19H20N2O2/c1-19(12-18(20)22,13-6-4-3-5-7-13)14-10-16-15(8-9-21-16)17(11-14)23-2/h3-11,21H,12H2,1-2H3,(H2,20,22). The molecule has 4 heteroatoms. The van der Waals surface area contributed by atoms with Gasteiger partial charge in [0.1, 0.15) is 5.75 Å². The molecule has 0 bridgehead atoms. The summed E-state index contributed by atoms with van der Waals surface area (Å²) in [4.78, 5) is 14.9. The van der Waals surface area contributed by atoms with Crippen LogP contribution in [0.4, 0.5) is 0 Å². The van der Waals surface area contributed by atoms with Gasteiger partial charge in [0.05, 0.1) is 7.11 Å². The van der Waals surface area contributed by atoms with Crippen LogP contribution in [-0.2, 0) is 10.2 Å². The third-order valence-corrected chi connectivity index (χ3v) is 4.43. The monoisotopic (exact) mass is 308 g/mol. The third kappa shape index (κ3) is 2.68. The maximum Gasteiger partial charge on any atom is 0.218 e. The van der Waals surface area contributed by atoms with Crippen molar-refractivity contribution in [1.29, 1.82) is 0 Å². The molecule has 118 valence electrons. The van der Waals surface area contributed by atoms with E-state index in [1.165, 1.54) is 0 Å². The van der Waals surface area contributed by atoms with E-state index in [9.17, 15) is 4.79 Å². The Morgan fingerprint density at radius 1 is 1.17 bits per heavy atom. The van der Waals surface area contributed by atoms with E-state index in [1.54, 1.807) is 7.11 Å². The molecule has 0 saturated heterocycles. The van der Waals surface area contributed by atoms with Crippen molar-refractivity contribution in [2.75, 3.05) is 7.11 Å². The minimum Gasteiger partial charge on any atom is -0.496 e. The number of amides is 1. The predicted octanol–water partition coefficient (Wildman–Crippen LogP) is 3.36. The van der Waals surface area contributed by atoms with Gasteiger partial charge in [-0.1, -0.05) is 37.3 Å². The summed E-state index contributed by atoms with van der Waals surface area (Å²) >= 11 is 0. The summed E-state index contributed by atoms with van der Waals surface area (Å²) in [6.45, 7) is 2.04. The van der Waals surface area contributed by atoms with Crippen molar-refractivity contribution >= 4 is 16.8 Å². The first kappa shape index (κ1) is 15.2. The summed E-state index contributed by atoms with van der Waals surface area (Å²) in [5.41, 5.74) is 8.04. The summed E-state index contributed by atoms with van der Waals surface area (Å²) < 4.78 is 5.53. The zero-order valence-electron chi connectivity index (χ0n) is 13.3. The van der Waals surface area contributed by atoms with Crippen LogP contribution in [0.1, 0.15) is 24.5 Å². The first-order chi connectivity index (χ1) is 11.0. The molecule has 2 aromatic carbocycles. The van der Waals surface area contributed by atoms with Crippen molar-refractivity contribution < 1.29 is 9.53 Å². The van der Waals surface area contributed by atoms with E-state index < -0.39 is 5.41 Å². The molecule has 0 aliphatic carbocycles. The number of H-pyrrole nitrogens is 1. The van der Waals surface area contributed by atoms with E-state index in [4.69, 9.17) is 10.5 Å². The number of nitrogens with two attached hydrogens (primary N) is 1. The predicted molar refractivity (Wildman–Crippen MR) is 91.6 cm³/mol. The molecule has 1 unspecified atom stereocenters. The van der Waals surface area contributed by atoms with Crippen LogP contribution in [-0.4, -0.2) is 18.0 Å². The fraction of sp³-hybridized carbons (Fsp3) is 0.211. The van der Waals surface area contributed by atoms with Crippen LogP contribution in [0.3, 0.4) is 0 Å². The molecule has 1 heterocycles. The number of carbonyl (C=O) groups excluding carboxylic acids is 1. The van der Waals surface area contributed by atoms with E-state index in [1.807, 2.05) is 55.6 Å². The second-order valence-corrected chi connectivity index (χ2v) is 5.96. The Kier molecular flexibility index (Phi) is 3.82. The summed E-state index contributed by atoms with van der Waals surface area (Å²) in [5.74, 6) is 0.451. The highest BCUT2D eigenvalue weighted by atomic mass is 16.5. The lowest BCUT2D eigenvalue weighted by molar-refractivity contribution is -0.118. The van der Waals surface area contributed by atoms with Crippen LogP contribution in [0, 0.1) is 0 Å². The summed E-state index contributed by atoms with van der Waals surface area (Å²) in [6.07, 6.45) is 2.11. The fourth-order valence-electron chi connectivity index (χ4n) is 3.15. The van der Waals surface area contributed by atoms with Gasteiger partial charge in [-0.15, -0.1) is 0 Å². The van der Waals surface area contributed by atoms with E-state index in [-0.39, 0.29) is 12.3 Å². The molecular formula is C19H20N2O2. The minimum absolute atomic E-state index is 0.229. The number of fused-ring (bicyclic) bond motifs is 1. The Morgan fingerprint density at radius 2 is 1.91 bits per heavy atom. The zero-order valence-corrected chi connectivity index (χ0v) is 13.3. The lowest BCUT2D eigenvalue weighted by atomic mass is 9.73. The SMILES string of the molecule is COc1cc(C(C)(CC(N)=O)c2ccccc2)cc2[nH]ccc12. The number of aromatic nitrogens is 1. The van der Waals surface area contributed by atoms with E-state index in [0.717, 1.165) is 27.8 Å². The molecule has 3 rings (SSSR count). The van der Waals surface area contributed by atoms with Crippen molar-refractivity contribution in [3.63, 3.8) is 0 Å². The van der Waals surface area contributed by atoms with Gasteiger partial charge in [-0.25, -0.2) is 0 Å². The molecule has 0 aliphatic rings.